The molecule has 3 nitrogen and oxygen atoms in total. The van der Waals surface area contributed by atoms with E-state index in [1.54, 1.807) is 16.2 Å². The molecule has 2 aromatic rings. The molecule has 1 heterocycles. The Morgan fingerprint density at radius 1 is 1.09 bits per heavy atom. The van der Waals surface area contributed by atoms with Crippen LogP contribution in [0.2, 0.25) is 0 Å². The second kappa shape index (κ2) is 8.11. The van der Waals surface area contributed by atoms with Gasteiger partial charge in [-0.25, -0.2) is 0 Å². The van der Waals surface area contributed by atoms with Gasteiger partial charge in [0.25, 0.3) is 0 Å². The molecular weight excluding hydrogens is 292 g/mol. The molecule has 0 bridgehead atoms. The summed E-state index contributed by atoms with van der Waals surface area (Å²) in [6.07, 6.45) is 0.964. The minimum absolute atomic E-state index is 0.154. The van der Waals surface area contributed by atoms with Crippen LogP contribution in [0.15, 0.2) is 42.5 Å². The van der Waals surface area contributed by atoms with Gasteiger partial charge in [-0.1, -0.05) is 30.3 Å². The van der Waals surface area contributed by atoms with E-state index < -0.39 is 0 Å². The smallest absolute Gasteiger partial charge is 0.236 e. The molecule has 0 aliphatic carbocycles. The zero-order chi connectivity index (χ0) is 15.9. The highest BCUT2D eigenvalue weighted by molar-refractivity contribution is 7.11. The van der Waals surface area contributed by atoms with Crippen molar-refractivity contribution in [2.24, 2.45) is 0 Å². The van der Waals surface area contributed by atoms with E-state index in [0.29, 0.717) is 6.54 Å². The van der Waals surface area contributed by atoms with Crippen molar-refractivity contribution in [3.05, 3.63) is 57.8 Å². The molecule has 0 fully saturated rings. The van der Waals surface area contributed by atoms with Crippen molar-refractivity contribution < 1.29 is 4.79 Å². The van der Waals surface area contributed by atoms with Gasteiger partial charge < -0.3 is 4.90 Å². The van der Waals surface area contributed by atoms with E-state index in [1.807, 2.05) is 20.2 Å². The molecule has 22 heavy (non-hydrogen) atoms. The molecule has 0 radical (unpaired) electrons. The van der Waals surface area contributed by atoms with Crippen LogP contribution in [-0.4, -0.2) is 42.9 Å². The first-order valence-electron chi connectivity index (χ1n) is 7.56. The van der Waals surface area contributed by atoms with E-state index in [2.05, 4.69) is 48.2 Å². The zero-order valence-corrected chi connectivity index (χ0v) is 14.4. The highest BCUT2D eigenvalue weighted by Crippen LogP contribution is 2.17. The van der Waals surface area contributed by atoms with Gasteiger partial charge in [0.15, 0.2) is 0 Å². The molecule has 0 aliphatic heterocycles. The van der Waals surface area contributed by atoms with Crippen molar-refractivity contribution in [1.82, 2.24) is 9.80 Å². The topological polar surface area (TPSA) is 23.6 Å². The fraction of sp³-hybridized carbons (Fsp3) is 0.389. The van der Waals surface area contributed by atoms with Crippen LogP contribution in [0.3, 0.4) is 0 Å². The zero-order valence-electron chi connectivity index (χ0n) is 13.6. The molecule has 0 atom stereocenters. The average molecular weight is 316 g/mol. The van der Waals surface area contributed by atoms with E-state index >= 15 is 0 Å². The lowest BCUT2D eigenvalue weighted by Crippen LogP contribution is -2.37. The highest BCUT2D eigenvalue weighted by atomic mass is 32.1. The number of carbonyl (C=O) groups excluding carboxylic acids is 1. The second-order valence-electron chi connectivity index (χ2n) is 5.75. The van der Waals surface area contributed by atoms with Crippen molar-refractivity contribution in [1.29, 1.82) is 0 Å². The first-order chi connectivity index (χ1) is 10.5. The fourth-order valence-electron chi connectivity index (χ4n) is 2.27. The van der Waals surface area contributed by atoms with Gasteiger partial charge in [-0.2, -0.15) is 0 Å². The maximum atomic E-state index is 12.0. The number of aryl methyl sites for hydroxylation is 1. The van der Waals surface area contributed by atoms with Crippen LogP contribution in [0.25, 0.3) is 0 Å². The van der Waals surface area contributed by atoms with Gasteiger partial charge in [-0.05, 0) is 31.0 Å². The first-order valence-corrected chi connectivity index (χ1v) is 8.38. The van der Waals surface area contributed by atoms with Crippen LogP contribution in [0, 0.1) is 6.92 Å². The van der Waals surface area contributed by atoms with E-state index in [0.717, 1.165) is 19.5 Å². The van der Waals surface area contributed by atoms with Gasteiger partial charge in [0.2, 0.25) is 5.91 Å². The molecule has 0 saturated carbocycles. The molecule has 1 aromatic carbocycles. The standard InChI is InChI=1S/C18H24N2OS/c1-15-9-10-17(22-15)13-20(14-18(21)19(2)3)12-11-16-7-5-4-6-8-16/h4-10H,11-14H2,1-3H3. The van der Waals surface area contributed by atoms with Crippen molar-refractivity contribution >= 4 is 17.2 Å². The quantitative estimate of drug-likeness (QED) is 0.783. The van der Waals surface area contributed by atoms with Gasteiger partial charge in [0, 0.05) is 36.9 Å². The number of hydrogen-bond donors (Lipinski definition) is 0. The summed E-state index contributed by atoms with van der Waals surface area (Å²) >= 11 is 1.81. The predicted octanol–water partition coefficient (Wildman–Crippen LogP) is 3.19. The summed E-state index contributed by atoms with van der Waals surface area (Å²) < 4.78 is 0. The summed E-state index contributed by atoms with van der Waals surface area (Å²) in [5.74, 6) is 0.154. The summed E-state index contributed by atoms with van der Waals surface area (Å²) in [5.41, 5.74) is 1.31. The summed E-state index contributed by atoms with van der Waals surface area (Å²) in [6.45, 7) is 4.32. The molecular formula is C18H24N2OS. The number of benzene rings is 1. The summed E-state index contributed by atoms with van der Waals surface area (Å²) in [6, 6.07) is 14.7. The lowest BCUT2D eigenvalue weighted by atomic mass is 10.1. The molecule has 1 amide bonds. The molecule has 118 valence electrons. The molecule has 0 unspecified atom stereocenters. The van der Waals surface area contributed by atoms with Crippen LogP contribution in [-0.2, 0) is 17.8 Å². The number of hydrogen-bond acceptors (Lipinski definition) is 3. The molecule has 2 rings (SSSR count). The molecule has 0 N–H and O–H groups in total. The third kappa shape index (κ3) is 5.28. The Balaban J connectivity index is 1.98. The number of likely N-dealkylation sites (N-methyl/N-ethyl adjacent to an activating group) is 1. The van der Waals surface area contributed by atoms with Crippen molar-refractivity contribution in [3.63, 3.8) is 0 Å². The third-order valence-electron chi connectivity index (χ3n) is 3.59. The molecule has 0 aliphatic rings. The first kappa shape index (κ1) is 16.7. The number of nitrogens with zero attached hydrogens (tertiary/aromatic N) is 2. The molecule has 4 heteroatoms. The second-order valence-corrected chi connectivity index (χ2v) is 7.12. The maximum absolute atomic E-state index is 12.0. The van der Waals surface area contributed by atoms with Crippen molar-refractivity contribution in [3.8, 4) is 0 Å². The van der Waals surface area contributed by atoms with E-state index in [1.165, 1.54) is 15.3 Å². The lowest BCUT2D eigenvalue weighted by molar-refractivity contribution is -0.130. The van der Waals surface area contributed by atoms with Crippen LogP contribution in [0.5, 0.6) is 0 Å². The molecule has 1 aromatic heterocycles. The third-order valence-corrected chi connectivity index (χ3v) is 4.58. The van der Waals surface area contributed by atoms with Gasteiger partial charge in [0.1, 0.15) is 0 Å². The summed E-state index contributed by atoms with van der Waals surface area (Å²) in [7, 11) is 3.62. The lowest BCUT2D eigenvalue weighted by Gasteiger charge is -2.23. The summed E-state index contributed by atoms with van der Waals surface area (Å²) in [4.78, 5) is 18.6. The average Bonchev–Trinajstić information content (AvgIpc) is 2.91. The van der Waals surface area contributed by atoms with Gasteiger partial charge in [-0.15, -0.1) is 11.3 Å². The normalized spacial score (nSPS) is 10.9. The molecule has 0 saturated heterocycles. The van der Waals surface area contributed by atoms with Crippen LogP contribution >= 0.6 is 11.3 Å². The Morgan fingerprint density at radius 2 is 1.82 bits per heavy atom. The Kier molecular flexibility index (Phi) is 6.16. The predicted molar refractivity (Wildman–Crippen MR) is 93.2 cm³/mol. The highest BCUT2D eigenvalue weighted by Gasteiger charge is 2.13. The monoisotopic (exact) mass is 316 g/mol. The summed E-state index contributed by atoms with van der Waals surface area (Å²) in [5, 5.41) is 0. The molecule has 0 spiro atoms. The van der Waals surface area contributed by atoms with Crippen molar-refractivity contribution in [2.45, 2.75) is 19.9 Å². The number of amides is 1. The SMILES string of the molecule is Cc1ccc(CN(CCc2ccccc2)CC(=O)N(C)C)s1. The Labute approximate surface area is 137 Å². The van der Waals surface area contributed by atoms with Crippen LogP contribution in [0.4, 0.5) is 0 Å². The van der Waals surface area contributed by atoms with Crippen molar-refractivity contribution in [2.75, 3.05) is 27.2 Å². The minimum atomic E-state index is 0.154. The number of rotatable bonds is 7. The van der Waals surface area contributed by atoms with Crippen LogP contribution < -0.4 is 0 Å². The maximum Gasteiger partial charge on any atom is 0.236 e. The van der Waals surface area contributed by atoms with Gasteiger partial charge in [-0.3, -0.25) is 9.69 Å². The van der Waals surface area contributed by atoms with Gasteiger partial charge >= 0.3 is 0 Å². The van der Waals surface area contributed by atoms with Gasteiger partial charge in [0.05, 0.1) is 6.54 Å². The Hall–Kier alpha value is -1.65. The number of thiophene rings is 1. The van der Waals surface area contributed by atoms with E-state index in [4.69, 9.17) is 0 Å². The Bertz CT molecular complexity index is 592. The largest absolute Gasteiger partial charge is 0.348 e. The van der Waals surface area contributed by atoms with E-state index in [9.17, 15) is 4.79 Å². The minimum Gasteiger partial charge on any atom is -0.348 e. The number of carbonyl (C=O) groups is 1. The van der Waals surface area contributed by atoms with E-state index in [-0.39, 0.29) is 5.91 Å². The fourth-order valence-corrected chi connectivity index (χ4v) is 3.20. The van der Waals surface area contributed by atoms with Crippen LogP contribution in [0.1, 0.15) is 15.3 Å². The Morgan fingerprint density at radius 3 is 2.41 bits per heavy atom.